The van der Waals surface area contributed by atoms with Gasteiger partial charge in [0.2, 0.25) is 5.91 Å². The SMILES string of the molecule is COc1cc(/C=C/C(=O)Nc2ccccc2NCC(F)(F)F)cc(OC)c1. The van der Waals surface area contributed by atoms with Crippen molar-refractivity contribution in [3.8, 4) is 11.5 Å². The van der Waals surface area contributed by atoms with E-state index in [0.29, 0.717) is 17.1 Å². The molecule has 0 spiro atoms. The number of alkyl halides is 3. The molecule has 2 aromatic carbocycles. The molecule has 0 unspecified atom stereocenters. The number of hydrogen-bond acceptors (Lipinski definition) is 4. The molecule has 2 aromatic rings. The standard InChI is InChI=1S/C19H19F3N2O3/c1-26-14-9-13(10-15(11-14)27-2)7-8-18(25)24-17-6-4-3-5-16(17)23-12-19(20,21)22/h3-11,23H,12H2,1-2H3,(H,24,25)/b8-7+. The van der Waals surface area contributed by atoms with E-state index in [1.54, 1.807) is 36.4 Å². The van der Waals surface area contributed by atoms with Gasteiger partial charge in [-0.1, -0.05) is 12.1 Å². The van der Waals surface area contributed by atoms with Crippen LogP contribution in [0.5, 0.6) is 11.5 Å². The Morgan fingerprint density at radius 3 is 2.19 bits per heavy atom. The van der Waals surface area contributed by atoms with Crippen molar-refractivity contribution in [2.24, 2.45) is 0 Å². The van der Waals surface area contributed by atoms with Crippen LogP contribution in [0.3, 0.4) is 0 Å². The number of carbonyl (C=O) groups excluding carboxylic acids is 1. The topological polar surface area (TPSA) is 59.6 Å². The van der Waals surface area contributed by atoms with Gasteiger partial charge in [-0.05, 0) is 35.9 Å². The number of methoxy groups -OCH3 is 2. The summed E-state index contributed by atoms with van der Waals surface area (Å²) in [6, 6.07) is 11.3. The minimum Gasteiger partial charge on any atom is -0.497 e. The lowest BCUT2D eigenvalue weighted by atomic mass is 10.2. The average Bonchev–Trinajstić information content (AvgIpc) is 2.64. The Balaban J connectivity index is 2.09. The Labute approximate surface area is 154 Å². The van der Waals surface area contributed by atoms with Crippen LogP contribution in [0.25, 0.3) is 6.08 Å². The van der Waals surface area contributed by atoms with Gasteiger partial charge in [0.1, 0.15) is 18.0 Å². The fraction of sp³-hybridized carbons (Fsp3) is 0.211. The molecule has 0 heterocycles. The highest BCUT2D eigenvalue weighted by Crippen LogP contribution is 2.25. The molecule has 2 N–H and O–H groups in total. The molecular formula is C19H19F3N2O3. The summed E-state index contributed by atoms with van der Waals surface area (Å²) in [5.74, 6) is 0.644. The zero-order chi connectivity index (χ0) is 19.9. The van der Waals surface area contributed by atoms with E-state index < -0.39 is 18.6 Å². The van der Waals surface area contributed by atoms with Crippen molar-refractivity contribution in [1.29, 1.82) is 0 Å². The number of carbonyl (C=O) groups is 1. The van der Waals surface area contributed by atoms with Crippen LogP contribution in [0.2, 0.25) is 0 Å². The number of anilines is 2. The third kappa shape index (κ3) is 6.58. The minimum atomic E-state index is -4.36. The van der Waals surface area contributed by atoms with E-state index in [4.69, 9.17) is 9.47 Å². The van der Waals surface area contributed by atoms with Crippen molar-refractivity contribution in [3.05, 3.63) is 54.1 Å². The van der Waals surface area contributed by atoms with E-state index in [0.717, 1.165) is 0 Å². The normalized spacial score (nSPS) is 11.3. The highest BCUT2D eigenvalue weighted by Gasteiger charge is 2.26. The summed E-state index contributed by atoms with van der Waals surface area (Å²) in [5.41, 5.74) is 1.10. The van der Waals surface area contributed by atoms with Gasteiger partial charge >= 0.3 is 6.18 Å². The molecule has 0 saturated heterocycles. The molecule has 0 saturated carbocycles. The maximum Gasteiger partial charge on any atom is 0.405 e. The van der Waals surface area contributed by atoms with Crippen molar-refractivity contribution >= 4 is 23.4 Å². The molecule has 0 fully saturated rings. The molecule has 5 nitrogen and oxygen atoms in total. The summed E-state index contributed by atoms with van der Waals surface area (Å²) in [5, 5.41) is 4.82. The molecule has 0 aliphatic rings. The van der Waals surface area contributed by atoms with Gasteiger partial charge in [0, 0.05) is 12.1 Å². The van der Waals surface area contributed by atoms with E-state index in [1.807, 2.05) is 0 Å². The molecule has 0 aliphatic carbocycles. The maximum absolute atomic E-state index is 12.4. The molecule has 0 atom stereocenters. The first-order valence-electron chi connectivity index (χ1n) is 7.92. The van der Waals surface area contributed by atoms with Gasteiger partial charge in [-0.2, -0.15) is 13.2 Å². The van der Waals surface area contributed by atoms with Gasteiger partial charge in [-0.15, -0.1) is 0 Å². The number of amides is 1. The number of rotatable bonds is 7. The lowest BCUT2D eigenvalue weighted by Crippen LogP contribution is -2.22. The first-order chi connectivity index (χ1) is 12.8. The number of benzene rings is 2. The van der Waals surface area contributed by atoms with Crippen molar-refractivity contribution in [3.63, 3.8) is 0 Å². The molecule has 0 radical (unpaired) electrons. The predicted molar refractivity (Wildman–Crippen MR) is 98.2 cm³/mol. The van der Waals surface area contributed by atoms with Crippen LogP contribution in [0.15, 0.2) is 48.5 Å². The number of hydrogen-bond donors (Lipinski definition) is 2. The molecule has 0 bridgehead atoms. The van der Waals surface area contributed by atoms with Crippen LogP contribution < -0.4 is 20.1 Å². The highest BCUT2D eigenvalue weighted by atomic mass is 19.4. The van der Waals surface area contributed by atoms with Gasteiger partial charge in [0.25, 0.3) is 0 Å². The Morgan fingerprint density at radius 2 is 1.63 bits per heavy atom. The lowest BCUT2D eigenvalue weighted by molar-refractivity contribution is -0.115. The summed E-state index contributed by atoms with van der Waals surface area (Å²) in [6.07, 6.45) is -1.54. The van der Waals surface area contributed by atoms with Crippen molar-refractivity contribution in [1.82, 2.24) is 0 Å². The minimum absolute atomic E-state index is 0.180. The zero-order valence-corrected chi connectivity index (χ0v) is 14.8. The monoisotopic (exact) mass is 380 g/mol. The van der Waals surface area contributed by atoms with Gasteiger partial charge in [0.05, 0.1) is 25.6 Å². The average molecular weight is 380 g/mol. The van der Waals surface area contributed by atoms with Gasteiger partial charge in [-0.25, -0.2) is 0 Å². The van der Waals surface area contributed by atoms with E-state index in [1.165, 1.54) is 32.4 Å². The first-order valence-corrected chi connectivity index (χ1v) is 7.92. The molecule has 0 aromatic heterocycles. The molecule has 8 heteroatoms. The summed E-state index contributed by atoms with van der Waals surface area (Å²) in [4.78, 5) is 12.1. The molecule has 27 heavy (non-hydrogen) atoms. The lowest BCUT2D eigenvalue weighted by Gasteiger charge is -2.13. The van der Waals surface area contributed by atoms with Crippen molar-refractivity contribution in [2.75, 3.05) is 31.4 Å². The summed E-state index contributed by atoms with van der Waals surface area (Å²) in [6.45, 7) is -1.20. The van der Waals surface area contributed by atoms with Crippen LogP contribution in [0.1, 0.15) is 5.56 Å². The van der Waals surface area contributed by atoms with Crippen LogP contribution in [0, 0.1) is 0 Å². The number of para-hydroxylation sites is 2. The third-order valence-corrected chi connectivity index (χ3v) is 3.47. The number of ether oxygens (including phenoxy) is 2. The van der Waals surface area contributed by atoms with Gasteiger partial charge in [-0.3, -0.25) is 4.79 Å². The summed E-state index contributed by atoms with van der Waals surface area (Å²) >= 11 is 0. The zero-order valence-electron chi connectivity index (χ0n) is 14.8. The molecule has 1 amide bonds. The summed E-state index contributed by atoms with van der Waals surface area (Å²) < 4.78 is 47.5. The fourth-order valence-electron chi connectivity index (χ4n) is 2.21. The van der Waals surface area contributed by atoms with E-state index in [2.05, 4.69) is 10.6 Å². The second-order valence-corrected chi connectivity index (χ2v) is 5.48. The Morgan fingerprint density at radius 1 is 1.04 bits per heavy atom. The first kappa shape index (κ1) is 20.2. The summed E-state index contributed by atoms with van der Waals surface area (Å²) in [7, 11) is 3.03. The highest BCUT2D eigenvalue weighted by molar-refractivity contribution is 6.03. The van der Waals surface area contributed by atoms with Gasteiger partial charge < -0.3 is 20.1 Å². The second-order valence-electron chi connectivity index (χ2n) is 5.48. The number of nitrogens with one attached hydrogen (secondary N) is 2. The van der Waals surface area contributed by atoms with Crippen LogP contribution in [-0.4, -0.2) is 32.8 Å². The molecule has 2 rings (SSSR count). The Hall–Kier alpha value is -3.16. The Bertz CT molecular complexity index is 798. The van der Waals surface area contributed by atoms with Crippen LogP contribution in [-0.2, 0) is 4.79 Å². The smallest absolute Gasteiger partial charge is 0.405 e. The molecular weight excluding hydrogens is 361 g/mol. The second kappa shape index (κ2) is 8.98. The molecule has 144 valence electrons. The van der Waals surface area contributed by atoms with E-state index >= 15 is 0 Å². The Kier molecular flexibility index (Phi) is 6.70. The predicted octanol–water partition coefficient (Wildman–Crippen LogP) is 4.33. The fourth-order valence-corrected chi connectivity index (χ4v) is 2.21. The van der Waals surface area contributed by atoms with E-state index in [-0.39, 0.29) is 11.4 Å². The molecule has 0 aliphatic heterocycles. The van der Waals surface area contributed by atoms with Crippen molar-refractivity contribution < 1.29 is 27.4 Å². The number of halogens is 3. The quantitative estimate of drug-likeness (QED) is 0.702. The van der Waals surface area contributed by atoms with Gasteiger partial charge in [0.15, 0.2) is 0 Å². The van der Waals surface area contributed by atoms with E-state index in [9.17, 15) is 18.0 Å². The van der Waals surface area contributed by atoms with Crippen LogP contribution >= 0.6 is 0 Å². The largest absolute Gasteiger partial charge is 0.497 e. The van der Waals surface area contributed by atoms with Crippen LogP contribution in [0.4, 0.5) is 24.5 Å². The maximum atomic E-state index is 12.4. The third-order valence-electron chi connectivity index (χ3n) is 3.47. The van der Waals surface area contributed by atoms with Crippen molar-refractivity contribution in [2.45, 2.75) is 6.18 Å².